The van der Waals surface area contributed by atoms with Crippen molar-refractivity contribution in [3.05, 3.63) is 35.4 Å². The summed E-state index contributed by atoms with van der Waals surface area (Å²) in [6.07, 6.45) is 0.879. The van der Waals surface area contributed by atoms with E-state index in [-0.39, 0.29) is 24.4 Å². The van der Waals surface area contributed by atoms with Crippen molar-refractivity contribution < 1.29 is 9.59 Å². The summed E-state index contributed by atoms with van der Waals surface area (Å²) in [5, 5.41) is 2.88. The zero-order chi connectivity index (χ0) is 15.1. The second-order valence-electron chi connectivity index (χ2n) is 5.24. The van der Waals surface area contributed by atoms with Gasteiger partial charge in [0.05, 0.1) is 6.54 Å². The number of hydrogen-bond donors (Lipinski definition) is 1. The molecule has 1 aromatic rings. The van der Waals surface area contributed by atoms with Crippen LogP contribution in [0, 0.1) is 6.92 Å². The van der Waals surface area contributed by atoms with Gasteiger partial charge in [0.15, 0.2) is 0 Å². The van der Waals surface area contributed by atoms with E-state index in [0.717, 1.165) is 12.0 Å². The third kappa shape index (κ3) is 5.43. The van der Waals surface area contributed by atoms with Gasteiger partial charge in [0, 0.05) is 19.5 Å². The Morgan fingerprint density at radius 2 is 1.85 bits per heavy atom. The van der Waals surface area contributed by atoms with Crippen molar-refractivity contribution in [1.82, 2.24) is 10.2 Å². The van der Waals surface area contributed by atoms with E-state index in [1.807, 2.05) is 45.0 Å². The second kappa shape index (κ2) is 7.68. The minimum Gasteiger partial charge on any atom is -0.352 e. The Morgan fingerprint density at radius 1 is 1.25 bits per heavy atom. The normalized spacial score (nSPS) is 11.8. The van der Waals surface area contributed by atoms with Crippen LogP contribution in [0.15, 0.2) is 24.3 Å². The highest BCUT2D eigenvalue weighted by atomic mass is 16.2. The molecule has 0 aliphatic carbocycles. The van der Waals surface area contributed by atoms with Gasteiger partial charge in [0.2, 0.25) is 11.8 Å². The van der Waals surface area contributed by atoms with E-state index in [4.69, 9.17) is 0 Å². The van der Waals surface area contributed by atoms with Crippen LogP contribution in [0.1, 0.15) is 38.3 Å². The monoisotopic (exact) mass is 276 g/mol. The van der Waals surface area contributed by atoms with Crippen LogP contribution < -0.4 is 5.32 Å². The summed E-state index contributed by atoms with van der Waals surface area (Å²) in [6, 6.07) is 8.12. The topological polar surface area (TPSA) is 49.4 Å². The van der Waals surface area contributed by atoms with Crippen molar-refractivity contribution >= 4 is 11.8 Å². The lowest BCUT2D eigenvalue weighted by molar-refractivity contribution is -0.135. The zero-order valence-electron chi connectivity index (χ0n) is 12.8. The molecule has 1 aromatic carbocycles. The molecule has 0 saturated heterocycles. The van der Waals surface area contributed by atoms with Crippen LogP contribution in [0.5, 0.6) is 0 Å². The molecule has 0 heterocycles. The van der Waals surface area contributed by atoms with Crippen LogP contribution in [0.2, 0.25) is 0 Å². The van der Waals surface area contributed by atoms with Gasteiger partial charge in [-0.05, 0) is 25.8 Å². The van der Waals surface area contributed by atoms with Crippen LogP contribution in [0.3, 0.4) is 0 Å². The van der Waals surface area contributed by atoms with E-state index in [1.54, 1.807) is 4.90 Å². The Labute approximate surface area is 121 Å². The lowest BCUT2D eigenvalue weighted by Crippen LogP contribution is -2.42. The molecule has 0 saturated carbocycles. The summed E-state index contributed by atoms with van der Waals surface area (Å²) >= 11 is 0. The third-order valence-electron chi connectivity index (χ3n) is 3.29. The summed E-state index contributed by atoms with van der Waals surface area (Å²) in [5.41, 5.74) is 2.21. The molecule has 20 heavy (non-hydrogen) atoms. The quantitative estimate of drug-likeness (QED) is 0.866. The molecule has 4 nitrogen and oxygen atoms in total. The van der Waals surface area contributed by atoms with Crippen LogP contribution in [-0.2, 0) is 16.1 Å². The van der Waals surface area contributed by atoms with E-state index in [0.29, 0.717) is 6.54 Å². The summed E-state index contributed by atoms with van der Waals surface area (Å²) in [7, 11) is 0. The van der Waals surface area contributed by atoms with Crippen LogP contribution >= 0.6 is 0 Å². The van der Waals surface area contributed by atoms with Crippen LogP contribution in [-0.4, -0.2) is 29.3 Å². The molecule has 2 amide bonds. The largest absolute Gasteiger partial charge is 0.352 e. The number of carbonyl (C=O) groups excluding carboxylic acids is 2. The summed E-state index contributed by atoms with van der Waals surface area (Å²) in [5.74, 6) is -0.202. The third-order valence-corrected chi connectivity index (χ3v) is 3.29. The number of aryl methyl sites for hydroxylation is 1. The molecule has 0 bridgehead atoms. The maximum atomic E-state index is 11.9. The Balaban J connectivity index is 2.63. The molecule has 0 radical (unpaired) electrons. The highest BCUT2D eigenvalue weighted by Crippen LogP contribution is 2.07. The number of nitrogens with one attached hydrogen (secondary N) is 1. The lowest BCUT2D eigenvalue weighted by atomic mass is 10.1. The maximum absolute atomic E-state index is 11.9. The van der Waals surface area contributed by atoms with Crippen molar-refractivity contribution in [2.24, 2.45) is 0 Å². The molecule has 4 heteroatoms. The van der Waals surface area contributed by atoms with E-state index in [2.05, 4.69) is 5.32 Å². The Bertz CT molecular complexity index is 454. The molecule has 110 valence electrons. The second-order valence-corrected chi connectivity index (χ2v) is 5.24. The number of nitrogens with zero attached hydrogens (tertiary/aromatic N) is 1. The maximum Gasteiger partial charge on any atom is 0.239 e. The Kier molecular flexibility index (Phi) is 6.22. The van der Waals surface area contributed by atoms with Gasteiger partial charge < -0.3 is 10.2 Å². The first-order valence-electron chi connectivity index (χ1n) is 7.02. The molecular weight excluding hydrogens is 252 g/mol. The van der Waals surface area contributed by atoms with Crippen LogP contribution in [0.4, 0.5) is 0 Å². The molecule has 1 rings (SSSR count). The molecule has 0 aromatic heterocycles. The van der Waals surface area contributed by atoms with Crippen molar-refractivity contribution in [3.63, 3.8) is 0 Å². The highest BCUT2D eigenvalue weighted by molar-refractivity contribution is 5.83. The van der Waals surface area contributed by atoms with E-state index in [9.17, 15) is 9.59 Å². The van der Waals surface area contributed by atoms with Crippen LogP contribution in [0.25, 0.3) is 0 Å². The van der Waals surface area contributed by atoms with Crippen molar-refractivity contribution in [3.8, 4) is 0 Å². The summed E-state index contributed by atoms with van der Waals surface area (Å²) in [6.45, 7) is 8.05. The Morgan fingerprint density at radius 3 is 2.35 bits per heavy atom. The van der Waals surface area contributed by atoms with Gasteiger partial charge in [-0.15, -0.1) is 0 Å². The predicted molar refractivity (Wildman–Crippen MR) is 80.2 cm³/mol. The van der Waals surface area contributed by atoms with Gasteiger partial charge in [0.25, 0.3) is 0 Å². The zero-order valence-corrected chi connectivity index (χ0v) is 12.8. The smallest absolute Gasteiger partial charge is 0.239 e. The number of carbonyl (C=O) groups is 2. The fourth-order valence-corrected chi connectivity index (χ4v) is 1.79. The minimum absolute atomic E-state index is 0.0927. The molecule has 0 aliphatic rings. The van der Waals surface area contributed by atoms with Crippen molar-refractivity contribution in [1.29, 1.82) is 0 Å². The average Bonchev–Trinajstić information content (AvgIpc) is 2.40. The van der Waals surface area contributed by atoms with Gasteiger partial charge in [-0.1, -0.05) is 36.8 Å². The van der Waals surface area contributed by atoms with Gasteiger partial charge in [-0.3, -0.25) is 9.59 Å². The van der Waals surface area contributed by atoms with Gasteiger partial charge in [-0.25, -0.2) is 0 Å². The molecule has 1 atom stereocenters. The number of rotatable bonds is 6. The number of benzene rings is 1. The summed E-state index contributed by atoms with van der Waals surface area (Å²) < 4.78 is 0. The van der Waals surface area contributed by atoms with Crippen molar-refractivity contribution in [2.45, 2.75) is 46.7 Å². The molecule has 0 spiro atoms. The first-order chi connectivity index (χ1) is 9.42. The fraction of sp³-hybridized carbons (Fsp3) is 0.500. The number of amides is 2. The van der Waals surface area contributed by atoms with E-state index < -0.39 is 0 Å². The molecule has 1 unspecified atom stereocenters. The standard InChI is InChI=1S/C16H24N2O2/c1-5-13(3)17-16(20)11-18(14(4)19)10-15-8-6-12(2)7-9-15/h6-9,13H,5,10-11H2,1-4H3,(H,17,20). The molecular formula is C16H24N2O2. The first kappa shape index (κ1) is 16.2. The molecule has 0 aliphatic heterocycles. The summed E-state index contributed by atoms with van der Waals surface area (Å²) in [4.78, 5) is 25.1. The van der Waals surface area contributed by atoms with Crippen molar-refractivity contribution in [2.75, 3.05) is 6.54 Å². The molecule has 1 N–H and O–H groups in total. The number of hydrogen-bond acceptors (Lipinski definition) is 2. The van der Waals surface area contributed by atoms with Gasteiger partial charge in [-0.2, -0.15) is 0 Å². The lowest BCUT2D eigenvalue weighted by Gasteiger charge is -2.22. The fourth-order valence-electron chi connectivity index (χ4n) is 1.79. The van der Waals surface area contributed by atoms with E-state index >= 15 is 0 Å². The molecule has 0 fully saturated rings. The first-order valence-corrected chi connectivity index (χ1v) is 7.02. The Hall–Kier alpha value is -1.84. The highest BCUT2D eigenvalue weighted by Gasteiger charge is 2.15. The predicted octanol–water partition coefficient (Wildman–Crippen LogP) is 2.26. The van der Waals surface area contributed by atoms with E-state index in [1.165, 1.54) is 12.5 Å². The SMILES string of the molecule is CCC(C)NC(=O)CN(Cc1ccc(C)cc1)C(C)=O. The van der Waals surface area contributed by atoms with Gasteiger partial charge in [0.1, 0.15) is 0 Å². The average molecular weight is 276 g/mol. The van der Waals surface area contributed by atoms with Gasteiger partial charge >= 0.3 is 0 Å². The minimum atomic E-state index is -0.110.